The zero-order chi connectivity index (χ0) is 17.8. The molecule has 0 saturated carbocycles. The molecule has 128 valence electrons. The average molecular weight is 334 g/mol. The van der Waals surface area contributed by atoms with Crippen LogP contribution in [0, 0.1) is 0 Å². The molecule has 1 N–H and O–H groups in total. The lowest BCUT2D eigenvalue weighted by molar-refractivity contribution is 0.0941. The van der Waals surface area contributed by atoms with E-state index in [0.717, 1.165) is 34.3 Å². The Bertz CT molecular complexity index is 888. The van der Waals surface area contributed by atoms with Crippen LogP contribution in [0.4, 0.5) is 0 Å². The molecule has 1 atom stereocenters. The molecule has 0 spiro atoms. The normalized spacial score (nSPS) is 12.0. The largest absolute Gasteiger partial charge is 0.497 e. The molecule has 1 amide bonds. The number of benzene rings is 2. The lowest BCUT2D eigenvalue weighted by Gasteiger charge is -2.14. The Kier molecular flexibility index (Phi) is 4.98. The number of nitrogens with one attached hydrogen (secondary N) is 1. The van der Waals surface area contributed by atoms with Gasteiger partial charge in [0.1, 0.15) is 5.75 Å². The highest BCUT2D eigenvalue weighted by molar-refractivity contribution is 6.07. The average Bonchev–Trinajstić information content (AvgIpc) is 2.67. The molecule has 0 fully saturated rings. The Morgan fingerprint density at radius 3 is 2.56 bits per heavy atom. The third kappa shape index (κ3) is 3.63. The Morgan fingerprint density at radius 1 is 1.16 bits per heavy atom. The van der Waals surface area contributed by atoms with E-state index in [4.69, 9.17) is 9.72 Å². The molecule has 0 aliphatic heterocycles. The first-order chi connectivity index (χ1) is 12.1. The van der Waals surface area contributed by atoms with Gasteiger partial charge in [0.15, 0.2) is 0 Å². The van der Waals surface area contributed by atoms with Crippen molar-refractivity contribution in [2.45, 2.75) is 26.3 Å². The van der Waals surface area contributed by atoms with E-state index in [-0.39, 0.29) is 11.9 Å². The first-order valence-electron chi connectivity index (χ1n) is 8.47. The number of carbonyl (C=O) groups is 1. The van der Waals surface area contributed by atoms with Crippen LogP contribution in [0.15, 0.2) is 54.6 Å². The van der Waals surface area contributed by atoms with E-state index >= 15 is 0 Å². The van der Waals surface area contributed by atoms with Crippen LogP contribution in [-0.4, -0.2) is 24.0 Å². The first-order valence-corrected chi connectivity index (χ1v) is 8.47. The van der Waals surface area contributed by atoms with Crippen molar-refractivity contribution < 1.29 is 9.53 Å². The van der Waals surface area contributed by atoms with Crippen molar-refractivity contribution in [2.24, 2.45) is 0 Å². The van der Waals surface area contributed by atoms with E-state index in [1.54, 1.807) is 7.11 Å². The van der Waals surface area contributed by atoms with Crippen LogP contribution in [0.3, 0.4) is 0 Å². The number of ether oxygens (including phenoxy) is 1. The fourth-order valence-electron chi connectivity index (χ4n) is 2.68. The van der Waals surface area contributed by atoms with Crippen molar-refractivity contribution in [2.75, 3.05) is 7.11 Å². The molecule has 2 aromatic carbocycles. The van der Waals surface area contributed by atoms with Crippen LogP contribution in [0.5, 0.6) is 5.75 Å². The van der Waals surface area contributed by atoms with Gasteiger partial charge in [-0.05, 0) is 49.7 Å². The predicted molar refractivity (Wildman–Crippen MR) is 101 cm³/mol. The van der Waals surface area contributed by atoms with Crippen LogP contribution in [0.2, 0.25) is 0 Å². The van der Waals surface area contributed by atoms with E-state index in [1.807, 2.05) is 61.5 Å². The number of methoxy groups -OCH3 is 1. The summed E-state index contributed by atoms with van der Waals surface area (Å²) in [5, 5.41) is 3.91. The molecule has 0 radical (unpaired) electrons. The summed E-state index contributed by atoms with van der Waals surface area (Å²) in [6, 6.07) is 17.4. The number of aromatic nitrogens is 1. The monoisotopic (exact) mass is 334 g/mol. The number of carbonyl (C=O) groups excluding carboxylic acids is 1. The zero-order valence-corrected chi connectivity index (χ0v) is 14.7. The second-order valence-corrected chi connectivity index (χ2v) is 6.08. The fraction of sp³-hybridized carbons (Fsp3) is 0.238. The Hall–Kier alpha value is -2.88. The van der Waals surface area contributed by atoms with Crippen LogP contribution >= 0.6 is 0 Å². The Balaban J connectivity index is 2.09. The van der Waals surface area contributed by atoms with E-state index in [0.29, 0.717) is 5.56 Å². The van der Waals surface area contributed by atoms with E-state index < -0.39 is 0 Å². The van der Waals surface area contributed by atoms with E-state index in [1.165, 1.54) is 0 Å². The molecule has 3 aromatic rings. The maximum atomic E-state index is 12.8. The van der Waals surface area contributed by atoms with Crippen molar-refractivity contribution in [1.82, 2.24) is 10.3 Å². The van der Waals surface area contributed by atoms with Crippen LogP contribution in [0.1, 0.15) is 30.6 Å². The highest BCUT2D eigenvalue weighted by Crippen LogP contribution is 2.26. The number of hydrogen-bond donors (Lipinski definition) is 1. The summed E-state index contributed by atoms with van der Waals surface area (Å²) in [6.45, 7) is 4.06. The summed E-state index contributed by atoms with van der Waals surface area (Å²) in [5.41, 5.74) is 3.18. The molecule has 25 heavy (non-hydrogen) atoms. The van der Waals surface area contributed by atoms with Gasteiger partial charge in [0, 0.05) is 17.0 Å². The quantitative estimate of drug-likeness (QED) is 0.750. The maximum absolute atomic E-state index is 12.8. The van der Waals surface area contributed by atoms with Crippen LogP contribution in [-0.2, 0) is 0 Å². The minimum Gasteiger partial charge on any atom is -0.497 e. The standard InChI is InChI=1S/C21H22N2O2/c1-4-14(2)22-21(24)18-13-20(15-9-11-16(25-3)12-10-15)23-19-8-6-5-7-17(18)19/h5-14H,4H2,1-3H3,(H,22,24). The van der Waals surface area contributed by atoms with Crippen LogP contribution < -0.4 is 10.1 Å². The number of para-hydroxylation sites is 1. The van der Waals surface area contributed by atoms with Gasteiger partial charge in [-0.15, -0.1) is 0 Å². The van der Waals surface area contributed by atoms with Gasteiger partial charge in [-0.2, -0.15) is 0 Å². The molecule has 4 nitrogen and oxygen atoms in total. The lowest BCUT2D eigenvalue weighted by atomic mass is 10.0. The van der Waals surface area contributed by atoms with Crippen molar-refractivity contribution in [1.29, 1.82) is 0 Å². The molecule has 1 unspecified atom stereocenters. The summed E-state index contributed by atoms with van der Waals surface area (Å²) in [5.74, 6) is 0.724. The van der Waals surface area contributed by atoms with Crippen LogP contribution in [0.25, 0.3) is 22.2 Å². The SMILES string of the molecule is CCC(C)NC(=O)c1cc(-c2ccc(OC)cc2)nc2ccccc12. The van der Waals surface area contributed by atoms with Gasteiger partial charge < -0.3 is 10.1 Å². The molecule has 3 rings (SSSR count). The second kappa shape index (κ2) is 7.34. The van der Waals surface area contributed by atoms with Gasteiger partial charge in [-0.25, -0.2) is 4.98 Å². The van der Waals surface area contributed by atoms with E-state index in [2.05, 4.69) is 12.2 Å². The Labute approximate surface area is 147 Å². The number of fused-ring (bicyclic) bond motifs is 1. The zero-order valence-electron chi connectivity index (χ0n) is 14.7. The lowest BCUT2D eigenvalue weighted by Crippen LogP contribution is -2.32. The summed E-state index contributed by atoms with van der Waals surface area (Å²) in [6.07, 6.45) is 0.889. The Morgan fingerprint density at radius 2 is 1.88 bits per heavy atom. The maximum Gasteiger partial charge on any atom is 0.252 e. The molecular formula is C21H22N2O2. The predicted octanol–water partition coefficient (Wildman–Crippen LogP) is 4.44. The highest BCUT2D eigenvalue weighted by Gasteiger charge is 2.15. The molecule has 1 heterocycles. The minimum absolute atomic E-state index is 0.0669. The third-order valence-corrected chi connectivity index (χ3v) is 4.34. The van der Waals surface area contributed by atoms with Crippen molar-refractivity contribution in [3.05, 3.63) is 60.2 Å². The van der Waals surface area contributed by atoms with Gasteiger partial charge in [0.2, 0.25) is 0 Å². The molecular weight excluding hydrogens is 312 g/mol. The second-order valence-electron chi connectivity index (χ2n) is 6.08. The molecule has 4 heteroatoms. The number of rotatable bonds is 5. The van der Waals surface area contributed by atoms with Gasteiger partial charge in [0.25, 0.3) is 5.91 Å². The summed E-state index contributed by atoms with van der Waals surface area (Å²) in [7, 11) is 1.64. The molecule has 1 aromatic heterocycles. The van der Waals surface area contributed by atoms with Crippen molar-refractivity contribution in [3.63, 3.8) is 0 Å². The van der Waals surface area contributed by atoms with E-state index in [9.17, 15) is 4.79 Å². The van der Waals surface area contributed by atoms with Crippen molar-refractivity contribution in [3.8, 4) is 17.0 Å². The van der Waals surface area contributed by atoms with Gasteiger partial charge >= 0.3 is 0 Å². The number of nitrogens with zero attached hydrogens (tertiary/aromatic N) is 1. The topological polar surface area (TPSA) is 51.2 Å². The smallest absolute Gasteiger partial charge is 0.252 e. The van der Waals surface area contributed by atoms with Gasteiger partial charge in [-0.3, -0.25) is 4.79 Å². The highest BCUT2D eigenvalue weighted by atomic mass is 16.5. The van der Waals surface area contributed by atoms with Gasteiger partial charge in [-0.1, -0.05) is 25.1 Å². The molecule has 0 saturated heterocycles. The number of amides is 1. The summed E-state index contributed by atoms with van der Waals surface area (Å²) in [4.78, 5) is 17.5. The summed E-state index contributed by atoms with van der Waals surface area (Å²) >= 11 is 0. The number of pyridine rings is 1. The first kappa shape index (κ1) is 17.0. The number of hydrogen-bond acceptors (Lipinski definition) is 3. The summed E-state index contributed by atoms with van der Waals surface area (Å²) < 4.78 is 5.21. The fourth-order valence-corrected chi connectivity index (χ4v) is 2.68. The molecule has 0 bridgehead atoms. The third-order valence-electron chi connectivity index (χ3n) is 4.34. The van der Waals surface area contributed by atoms with Gasteiger partial charge in [0.05, 0.1) is 23.9 Å². The van der Waals surface area contributed by atoms with Crippen molar-refractivity contribution >= 4 is 16.8 Å². The molecule has 0 aliphatic rings. The molecule has 0 aliphatic carbocycles. The minimum atomic E-state index is -0.0669.